The monoisotopic (exact) mass is 364 g/mol. The number of rotatable bonds is 6. The van der Waals surface area contributed by atoms with E-state index in [0.29, 0.717) is 6.42 Å². The predicted molar refractivity (Wildman–Crippen MR) is 92.9 cm³/mol. The average Bonchev–Trinajstić information content (AvgIpc) is 2.48. The lowest BCUT2D eigenvalue weighted by Gasteiger charge is -2.23. The molecule has 0 bridgehead atoms. The van der Waals surface area contributed by atoms with Gasteiger partial charge in [-0.15, -0.1) is 6.58 Å². The van der Waals surface area contributed by atoms with E-state index in [1.54, 1.807) is 6.08 Å². The highest BCUT2D eigenvalue weighted by Gasteiger charge is 2.20. The van der Waals surface area contributed by atoms with Gasteiger partial charge in [-0.25, -0.2) is 0 Å². The Morgan fingerprint density at radius 3 is 2.29 bits per heavy atom. The summed E-state index contributed by atoms with van der Waals surface area (Å²) in [7, 11) is 0. The van der Waals surface area contributed by atoms with Crippen LogP contribution in [0, 0.1) is 0 Å². The van der Waals surface area contributed by atoms with E-state index in [2.05, 4.69) is 34.6 Å². The molecule has 110 valence electrons. The first-order valence-corrected chi connectivity index (χ1v) is 8.06. The van der Waals surface area contributed by atoms with E-state index in [4.69, 9.17) is 11.6 Å². The summed E-state index contributed by atoms with van der Waals surface area (Å²) in [5.74, 6) is 0.0391. The molecule has 1 nitrogen and oxygen atoms in total. The van der Waals surface area contributed by atoms with E-state index in [-0.39, 0.29) is 5.92 Å². The van der Waals surface area contributed by atoms with Crippen molar-refractivity contribution in [3.63, 3.8) is 0 Å². The van der Waals surface area contributed by atoms with E-state index in [0.717, 1.165) is 27.0 Å². The Morgan fingerprint density at radius 2 is 1.71 bits per heavy atom. The molecule has 0 spiro atoms. The van der Waals surface area contributed by atoms with Gasteiger partial charge >= 0.3 is 0 Å². The van der Waals surface area contributed by atoms with Crippen LogP contribution in [0.3, 0.4) is 0 Å². The fraction of sp³-hybridized carbons (Fsp3) is 0.222. The van der Waals surface area contributed by atoms with Crippen molar-refractivity contribution in [2.75, 3.05) is 0 Å². The van der Waals surface area contributed by atoms with Crippen LogP contribution in [0.15, 0.2) is 65.7 Å². The van der Waals surface area contributed by atoms with Crippen LogP contribution in [0.4, 0.5) is 0 Å². The summed E-state index contributed by atoms with van der Waals surface area (Å²) in [6.07, 6.45) is 2.67. The topological polar surface area (TPSA) is 20.2 Å². The maximum atomic E-state index is 10.4. The minimum atomic E-state index is -0.445. The Hall–Kier alpha value is -1.09. The number of hydrogen-bond donors (Lipinski definition) is 1. The van der Waals surface area contributed by atoms with Crippen molar-refractivity contribution in [1.82, 2.24) is 0 Å². The van der Waals surface area contributed by atoms with Crippen LogP contribution in [-0.2, 0) is 6.42 Å². The highest BCUT2D eigenvalue weighted by atomic mass is 79.9. The summed E-state index contributed by atoms with van der Waals surface area (Å²) in [5, 5.41) is 11.2. The Labute approximate surface area is 139 Å². The fourth-order valence-electron chi connectivity index (χ4n) is 2.40. The molecule has 0 aliphatic heterocycles. The third kappa shape index (κ3) is 4.70. The second-order valence-corrected chi connectivity index (χ2v) is 6.43. The van der Waals surface area contributed by atoms with E-state index >= 15 is 0 Å². The highest BCUT2D eigenvalue weighted by Crippen LogP contribution is 2.28. The van der Waals surface area contributed by atoms with Gasteiger partial charge in [0.25, 0.3) is 0 Å². The normalized spacial score (nSPS) is 13.7. The Kier molecular flexibility index (Phi) is 6.04. The van der Waals surface area contributed by atoms with Crippen LogP contribution < -0.4 is 0 Å². The van der Waals surface area contributed by atoms with Crippen molar-refractivity contribution >= 4 is 27.5 Å². The zero-order chi connectivity index (χ0) is 15.2. The lowest BCUT2D eigenvalue weighted by atomic mass is 9.86. The number of halogens is 2. The van der Waals surface area contributed by atoms with Crippen molar-refractivity contribution < 1.29 is 5.11 Å². The lowest BCUT2D eigenvalue weighted by molar-refractivity contribution is 0.145. The molecule has 0 aromatic heterocycles. The van der Waals surface area contributed by atoms with Gasteiger partial charge in [-0.05, 0) is 48.2 Å². The van der Waals surface area contributed by atoms with Gasteiger partial charge in [-0.2, -0.15) is 0 Å². The third-order valence-corrected chi connectivity index (χ3v) is 4.32. The molecule has 2 atom stereocenters. The third-order valence-electron chi connectivity index (χ3n) is 3.54. The van der Waals surface area contributed by atoms with Crippen molar-refractivity contribution in [3.05, 3.63) is 81.8 Å². The van der Waals surface area contributed by atoms with Crippen LogP contribution in [0.1, 0.15) is 23.5 Å². The molecule has 0 fully saturated rings. The molecule has 0 saturated carbocycles. The van der Waals surface area contributed by atoms with Gasteiger partial charge < -0.3 is 5.11 Å². The molecule has 2 aromatic carbocycles. The van der Waals surface area contributed by atoms with Gasteiger partial charge in [0.15, 0.2) is 0 Å². The molecule has 0 aliphatic carbocycles. The molecule has 2 aromatic rings. The zero-order valence-electron chi connectivity index (χ0n) is 11.7. The van der Waals surface area contributed by atoms with Crippen LogP contribution in [0.25, 0.3) is 0 Å². The molecule has 2 rings (SSSR count). The van der Waals surface area contributed by atoms with Crippen LogP contribution >= 0.6 is 27.5 Å². The number of aliphatic hydroxyl groups is 1. The Balaban J connectivity index is 2.25. The molecule has 3 heteroatoms. The second-order valence-electron chi connectivity index (χ2n) is 5.08. The average molecular weight is 366 g/mol. The van der Waals surface area contributed by atoms with Crippen LogP contribution in [0.5, 0.6) is 0 Å². The largest absolute Gasteiger partial charge is 0.392 e. The molecule has 1 N–H and O–H groups in total. The first kappa shape index (κ1) is 16.3. The SMILES string of the molecule is C=CC[C@@H](O)C(Cc1ccc(Cl)cc1)c1ccc(Br)cc1. The van der Waals surface area contributed by atoms with Crippen molar-refractivity contribution in [3.8, 4) is 0 Å². The summed E-state index contributed by atoms with van der Waals surface area (Å²) < 4.78 is 1.04. The smallest absolute Gasteiger partial charge is 0.0646 e. The predicted octanol–water partition coefficient (Wildman–Crippen LogP) is 5.37. The molecular weight excluding hydrogens is 348 g/mol. The summed E-state index contributed by atoms with van der Waals surface area (Å²) in [6.45, 7) is 3.72. The van der Waals surface area contributed by atoms with Gasteiger partial charge in [-0.3, -0.25) is 0 Å². The van der Waals surface area contributed by atoms with E-state index in [9.17, 15) is 5.11 Å². The highest BCUT2D eigenvalue weighted by molar-refractivity contribution is 9.10. The van der Waals surface area contributed by atoms with Crippen molar-refractivity contribution in [2.24, 2.45) is 0 Å². The molecule has 0 saturated heterocycles. The maximum Gasteiger partial charge on any atom is 0.0646 e. The number of benzene rings is 2. The van der Waals surface area contributed by atoms with Crippen LogP contribution in [0.2, 0.25) is 5.02 Å². The number of hydrogen-bond acceptors (Lipinski definition) is 1. The summed E-state index contributed by atoms with van der Waals surface area (Å²) in [4.78, 5) is 0. The molecule has 0 amide bonds. The quantitative estimate of drug-likeness (QED) is 0.683. The van der Waals surface area contributed by atoms with Crippen molar-refractivity contribution in [2.45, 2.75) is 24.9 Å². The molecule has 0 heterocycles. The minimum absolute atomic E-state index is 0.0391. The second kappa shape index (κ2) is 7.79. The Morgan fingerprint density at radius 1 is 1.10 bits per heavy atom. The first-order valence-electron chi connectivity index (χ1n) is 6.89. The lowest BCUT2D eigenvalue weighted by Crippen LogP contribution is -2.20. The fourth-order valence-corrected chi connectivity index (χ4v) is 2.79. The summed E-state index contributed by atoms with van der Waals surface area (Å²) >= 11 is 9.37. The standard InChI is InChI=1S/C18H18BrClO/c1-2-3-18(21)17(14-6-8-15(19)9-7-14)12-13-4-10-16(20)11-5-13/h2,4-11,17-18,21H,1,3,12H2/t17?,18-/m1/s1. The molecule has 21 heavy (non-hydrogen) atoms. The minimum Gasteiger partial charge on any atom is -0.392 e. The van der Waals surface area contributed by atoms with Gasteiger partial charge in [0.05, 0.1) is 6.10 Å². The summed E-state index contributed by atoms with van der Waals surface area (Å²) in [6, 6.07) is 15.9. The van der Waals surface area contributed by atoms with Crippen molar-refractivity contribution in [1.29, 1.82) is 0 Å². The maximum absolute atomic E-state index is 10.4. The Bertz CT molecular complexity index is 577. The van der Waals surface area contributed by atoms with Gasteiger partial charge in [-0.1, -0.05) is 57.9 Å². The van der Waals surface area contributed by atoms with Crippen LogP contribution in [-0.4, -0.2) is 11.2 Å². The molecule has 1 unspecified atom stereocenters. The van der Waals surface area contributed by atoms with E-state index in [1.807, 2.05) is 36.4 Å². The van der Waals surface area contributed by atoms with Gasteiger partial charge in [0.1, 0.15) is 0 Å². The molecule has 0 radical (unpaired) electrons. The van der Waals surface area contributed by atoms with E-state index in [1.165, 1.54) is 0 Å². The van der Waals surface area contributed by atoms with Gasteiger partial charge in [0.2, 0.25) is 0 Å². The number of aliphatic hydroxyl groups excluding tert-OH is 1. The molecule has 0 aliphatic rings. The first-order chi connectivity index (χ1) is 10.1. The summed E-state index contributed by atoms with van der Waals surface area (Å²) in [5.41, 5.74) is 2.29. The van der Waals surface area contributed by atoms with Gasteiger partial charge in [0, 0.05) is 15.4 Å². The zero-order valence-corrected chi connectivity index (χ0v) is 14.0. The van der Waals surface area contributed by atoms with E-state index < -0.39 is 6.10 Å². The molecular formula is C18H18BrClO.